The molecule has 3 nitrogen and oxygen atoms in total. The third-order valence-corrected chi connectivity index (χ3v) is 3.77. The number of nitrogens with zero attached hydrogens (tertiary/aromatic N) is 1. The van der Waals surface area contributed by atoms with Gasteiger partial charge >= 0.3 is 0 Å². The van der Waals surface area contributed by atoms with Crippen LogP contribution in [0.15, 0.2) is 28.9 Å². The molecular weight excluding hydrogens is 350 g/mol. The van der Waals surface area contributed by atoms with Crippen LogP contribution in [0.3, 0.4) is 0 Å². The predicted molar refractivity (Wildman–Crippen MR) is 84.2 cm³/mol. The molecule has 0 bridgehead atoms. The number of pyridine rings is 1. The van der Waals surface area contributed by atoms with Gasteiger partial charge in [0.1, 0.15) is 5.75 Å². The van der Waals surface area contributed by atoms with E-state index in [4.69, 9.17) is 33.3 Å². The van der Waals surface area contributed by atoms with Crippen molar-refractivity contribution in [3.8, 4) is 5.75 Å². The molecule has 0 fully saturated rings. The first-order valence-corrected chi connectivity index (χ1v) is 7.08. The Morgan fingerprint density at radius 2 is 2.16 bits per heavy atom. The van der Waals surface area contributed by atoms with Crippen LogP contribution < -0.4 is 4.74 Å². The van der Waals surface area contributed by atoms with Gasteiger partial charge in [0.25, 0.3) is 0 Å². The smallest absolute Gasteiger partial charge is 0.200 e. The summed E-state index contributed by atoms with van der Waals surface area (Å²) in [6.07, 6.45) is 1.37. The minimum Gasteiger partial charge on any atom is -0.487 e. The van der Waals surface area contributed by atoms with Gasteiger partial charge in [0.05, 0.1) is 17.6 Å². The van der Waals surface area contributed by atoms with Gasteiger partial charge in [-0.05, 0) is 53.3 Å². The molecule has 1 aromatic heterocycles. The Kier molecular flexibility index (Phi) is 4.60. The number of ether oxygens (including phenoxy) is 2. The fourth-order valence-corrected chi connectivity index (χ4v) is 2.20. The van der Waals surface area contributed by atoms with E-state index in [1.165, 1.54) is 7.11 Å². The zero-order valence-electron chi connectivity index (χ0n) is 10.3. The highest BCUT2D eigenvalue weighted by atomic mass is 79.9. The first-order chi connectivity index (χ1) is 9.01. The summed E-state index contributed by atoms with van der Waals surface area (Å²) in [6, 6.07) is 5.55. The Hall–Kier alpha value is -0.910. The lowest BCUT2D eigenvalue weighted by Crippen LogP contribution is -2.23. The molecule has 19 heavy (non-hydrogen) atoms. The van der Waals surface area contributed by atoms with Crippen molar-refractivity contribution in [3.05, 3.63) is 33.9 Å². The molecular formula is C13H11BrClNO2S. The maximum atomic E-state index is 6.17. The second-order valence-electron chi connectivity index (χ2n) is 3.91. The van der Waals surface area contributed by atoms with Gasteiger partial charge in [0.15, 0.2) is 11.2 Å². The normalized spacial score (nSPS) is 12.2. The third-order valence-electron chi connectivity index (χ3n) is 2.54. The Bertz CT molecular complexity index is 635. The lowest BCUT2D eigenvalue weighted by Gasteiger charge is -2.16. The van der Waals surface area contributed by atoms with Crippen molar-refractivity contribution in [1.82, 2.24) is 4.98 Å². The highest BCUT2D eigenvalue weighted by Crippen LogP contribution is 2.31. The quantitative estimate of drug-likeness (QED) is 0.760. The van der Waals surface area contributed by atoms with Crippen LogP contribution >= 0.6 is 39.7 Å². The van der Waals surface area contributed by atoms with Gasteiger partial charge in [-0.15, -0.1) is 0 Å². The fraction of sp³-hybridized carbons (Fsp3) is 0.231. The molecule has 0 amide bonds. The second-order valence-corrected chi connectivity index (χ2v) is 5.64. The number of thiocarbonyl (C=S) groups is 1. The number of benzene rings is 1. The Labute approximate surface area is 130 Å². The second kappa shape index (κ2) is 6.03. The first-order valence-electron chi connectivity index (χ1n) is 5.50. The maximum Gasteiger partial charge on any atom is 0.200 e. The number of fused-ring (bicyclic) bond motifs is 1. The summed E-state index contributed by atoms with van der Waals surface area (Å²) < 4.78 is 11.6. The molecule has 1 atom stereocenters. The molecule has 100 valence electrons. The first kappa shape index (κ1) is 14.5. The molecule has 1 aromatic carbocycles. The van der Waals surface area contributed by atoms with Crippen LogP contribution in [0.4, 0.5) is 0 Å². The van der Waals surface area contributed by atoms with Crippen LogP contribution in [0.25, 0.3) is 10.9 Å². The monoisotopic (exact) mass is 359 g/mol. The van der Waals surface area contributed by atoms with E-state index in [-0.39, 0.29) is 6.10 Å². The zero-order chi connectivity index (χ0) is 14.0. The lowest BCUT2D eigenvalue weighted by molar-refractivity contribution is 0.249. The van der Waals surface area contributed by atoms with Crippen molar-refractivity contribution in [3.63, 3.8) is 0 Å². The van der Waals surface area contributed by atoms with Gasteiger partial charge in [-0.3, -0.25) is 4.98 Å². The summed E-state index contributed by atoms with van der Waals surface area (Å²) in [4.78, 5) is 4.28. The van der Waals surface area contributed by atoms with E-state index >= 15 is 0 Å². The van der Waals surface area contributed by atoms with Crippen LogP contribution in [-0.2, 0) is 4.74 Å². The minimum atomic E-state index is -0.352. The van der Waals surface area contributed by atoms with E-state index in [0.29, 0.717) is 15.8 Å². The third kappa shape index (κ3) is 3.35. The average molecular weight is 361 g/mol. The summed E-state index contributed by atoms with van der Waals surface area (Å²) in [6.45, 7) is 1.81. The molecule has 2 rings (SSSR count). The summed E-state index contributed by atoms with van der Waals surface area (Å²) in [5.41, 5.74) is 0.808. The van der Waals surface area contributed by atoms with Crippen LogP contribution in [0.1, 0.15) is 6.92 Å². The summed E-state index contributed by atoms with van der Waals surface area (Å²) >= 11 is 14.6. The van der Waals surface area contributed by atoms with Crippen molar-refractivity contribution < 1.29 is 9.47 Å². The van der Waals surface area contributed by atoms with E-state index in [1.54, 1.807) is 12.3 Å². The molecule has 0 radical (unpaired) electrons. The van der Waals surface area contributed by atoms with Crippen LogP contribution in [0.2, 0.25) is 5.02 Å². The molecule has 0 saturated heterocycles. The van der Waals surface area contributed by atoms with Crippen LogP contribution in [0, 0.1) is 0 Å². The van der Waals surface area contributed by atoms with Crippen molar-refractivity contribution >= 4 is 55.7 Å². The van der Waals surface area contributed by atoms with Crippen molar-refractivity contribution in [2.24, 2.45) is 0 Å². The summed E-state index contributed by atoms with van der Waals surface area (Å²) in [7, 11) is 1.52. The average Bonchev–Trinajstić information content (AvgIpc) is 2.39. The van der Waals surface area contributed by atoms with Crippen molar-refractivity contribution in [2.75, 3.05) is 7.11 Å². The predicted octanol–water partition coefficient (Wildman–Crippen LogP) is 4.39. The molecule has 1 heterocycles. The van der Waals surface area contributed by atoms with E-state index in [1.807, 2.05) is 19.1 Å². The highest BCUT2D eigenvalue weighted by molar-refractivity contribution is 9.10. The number of methoxy groups -OCH3 is 1. The van der Waals surface area contributed by atoms with Crippen molar-refractivity contribution in [2.45, 2.75) is 13.0 Å². The standard InChI is InChI=1S/C13H11BrClNO2S/c1-7(13(19)17-2)18-12-4-8-3-9(14)6-16-11(8)5-10(12)15/h3-7H,1-2H3. The van der Waals surface area contributed by atoms with Gasteiger partial charge in [-0.2, -0.15) is 0 Å². The molecule has 1 unspecified atom stereocenters. The van der Waals surface area contributed by atoms with Gasteiger partial charge in [-0.25, -0.2) is 0 Å². The van der Waals surface area contributed by atoms with Crippen LogP contribution in [-0.4, -0.2) is 23.2 Å². The van der Waals surface area contributed by atoms with E-state index in [2.05, 4.69) is 20.9 Å². The summed E-state index contributed by atoms with van der Waals surface area (Å²) in [5, 5.41) is 1.81. The Balaban J connectivity index is 2.37. The highest BCUT2D eigenvalue weighted by Gasteiger charge is 2.14. The number of hydrogen-bond acceptors (Lipinski definition) is 4. The molecule has 0 aliphatic rings. The largest absolute Gasteiger partial charge is 0.487 e. The molecule has 2 aromatic rings. The maximum absolute atomic E-state index is 6.17. The fourth-order valence-electron chi connectivity index (χ4n) is 1.60. The van der Waals surface area contributed by atoms with Crippen LogP contribution in [0.5, 0.6) is 5.75 Å². The molecule has 0 aliphatic carbocycles. The Morgan fingerprint density at radius 1 is 1.42 bits per heavy atom. The van der Waals surface area contributed by atoms with E-state index in [9.17, 15) is 0 Å². The van der Waals surface area contributed by atoms with Gasteiger partial charge in [0, 0.05) is 16.1 Å². The molecule has 0 saturated carbocycles. The van der Waals surface area contributed by atoms with E-state index < -0.39 is 0 Å². The van der Waals surface area contributed by atoms with Gasteiger partial charge in [-0.1, -0.05) is 11.6 Å². The SMILES string of the molecule is COC(=S)C(C)Oc1cc2cc(Br)cnc2cc1Cl. The minimum absolute atomic E-state index is 0.352. The van der Waals surface area contributed by atoms with E-state index in [0.717, 1.165) is 15.4 Å². The number of rotatable bonds is 3. The molecule has 0 spiro atoms. The Morgan fingerprint density at radius 3 is 2.84 bits per heavy atom. The van der Waals surface area contributed by atoms with Crippen molar-refractivity contribution in [1.29, 1.82) is 0 Å². The van der Waals surface area contributed by atoms with Gasteiger partial charge < -0.3 is 9.47 Å². The zero-order valence-corrected chi connectivity index (χ0v) is 13.5. The number of hydrogen-bond donors (Lipinski definition) is 0. The lowest BCUT2D eigenvalue weighted by atomic mass is 10.2. The topological polar surface area (TPSA) is 31.4 Å². The number of aromatic nitrogens is 1. The molecule has 6 heteroatoms. The number of halogens is 2. The van der Waals surface area contributed by atoms with Gasteiger partial charge in [0.2, 0.25) is 0 Å². The molecule has 0 aliphatic heterocycles. The molecule has 0 N–H and O–H groups in total. The summed E-state index contributed by atoms with van der Waals surface area (Å²) in [5.74, 6) is 0.556.